The van der Waals surface area contributed by atoms with E-state index in [1.807, 2.05) is 0 Å². The maximum atomic E-state index is 14.5. The number of benzene rings is 2. The van der Waals surface area contributed by atoms with Gasteiger partial charge in [-0.2, -0.15) is 13.2 Å². The smallest absolute Gasteiger partial charge is 0.424 e. The van der Waals surface area contributed by atoms with E-state index >= 15 is 0 Å². The minimum atomic E-state index is -5.29. The number of carbonyl (C=O) groups excluding carboxylic acids is 2. The Balaban J connectivity index is 1.70. The summed E-state index contributed by atoms with van der Waals surface area (Å²) in [6, 6.07) is 9.68. The molecule has 0 radical (unpaired) electrons. The van der Waals surface area contributed by atoms with Crippen LogP contribution in [0.4, 0.5) is 23.2 Å². The zero-order valence-electron chi connectivity index (χ0n) is 21.9. The number of hydrogen-bond donors (Lipinski definition) is 5. The molecule has 0 aliphatic carbocycles. The van der Waals surface area contributed by atoms with E-state index in [1.54, 1.807) is 6.92 Å². The highest BCUT2D eigenvalue weighted by Crippen LogP contribution is 2.45. The summed E-state index contributed by atoms with van der Waals surface area (Å²) in [7, 11) is 1.26. The summed E-state index contributed by atoms with van der Waals surface area (Å²) in [5, 5.41) is 16.2. The molecule has 2 aromatic carbocycles. The van der Waals surface area contributed by atoms with Crippen molar-refractivity contribution < 1.29 is 41.7 Å². The molecule has 10 nitrogen and oxygen atoms in total. The van der Waals surface area contributed by atoms with Gasteiger partial charge in [0.25, 0.3) is 11.8 Å². The van der Waals surface area contributed by atoms with Crippen molar-refractivity contribution in [1.29, 1.82) is 0 Å². The largest absolute Gasteiger partial charge is 0.493 e. The number of nitrogens with two attached hydrogens (primary N) is 2. The van der Waals surface area contributed by atoms with Crippen LogP contribution in [0.1, 0.15) is 28.5 Å². The number of ether oxygens (including phenoxy) is 2. The Labute approximate surface area is 231 Å². The van der Waals surface area contributed by atoms with E-state index in [-0.39, 0.29) is 40.4 Å². The molecule has 7 N–H and O–H groups in total. The number of primary amides is 1. The van der Waals surface area contributed by atoms with Crippen molar-refractivity contribution in [3.8, 4) is 22.8 Å². The van der Waals surface area contributed by atoms with E-state index in [0.717, 1.165) is 18.2 Å². The number of anilines is 1. The maximum absolute atomic E-state index is 14.5. The summed E-state index contributed by atoms with van der Waals surface area (Å²) in [5.74, 6) is -2.20. The fourth-order valence-electron chi connectivity index (χ4n) is 4.29. The highest BCUT2D eigenvalue weighted by atomic mass is 19.4. The number of rotatable bonds is 9. The van der Waals surface area contributed by atoms with Gasteiger partial charge in [-0.1, -0.05) is 0 Å². The van der Waals surface area contributed by atoms with Crippen LogP contribution in [-0.2, 0) is 15.9 Å². The third kappa shape index (κ3) is 5.88. The van der Waals surface area contributed by atoms with Gasteiger partial charge in [-0.3, -0.25) is 9.59 Å². The summed E-state index contributed by atoms with van der Waals surface area (Å²) in [6.45, 7) is -0.000985. The fourth-order valence-corrected chi connectivity index (χ4v) is 4.29. The third-order valence-electron chi connectivity index (χ3n) is 6.58. The Hall–Kier alpha value is -4.43. The number of nitrogens with zero attached hydrogens (tertiary/aromatic N) is 1. The SMILES string of the molecule is COc1cc(C(=O)NC[C@@](O)(c2cc3c(c(-c4ccc(F)cc4)n2)NC[C@@]3(C)N)C(F)(F)F)ccc1OCC(N)=O. The zero-order valence-corrected chi connectivity index (χ0v) is 21.9. The first-order valence-electron chi connectivity index (χ1n) is 12.2. The van der Waals surface area contributed by atoms with E-state index in [0.29, 0.717) is 5.69 Å². The van der Waals surface area contributed by atoms with E-state index in [9.17, 15) is 32.3 Å². The van der Waals surface area contributed by atoms with Crippen LogP contribution in [-0.4, -0.2) is 54.9 Å². The van der Waals surface area contributed by atoms with Gasteiger partial charge < -0.3 is 36.7 Å². The molecule has 14 heteroatoms. The predicted molar refractivity (Wildman–Crippen MR) is 140 cm³/mol. The number of methoxy groups -OCH3 is 1. The number of fused-ring (bicyclic) bond motifs is 1. The molecule has 2 amide bonds. The summed E-state index contributed by atoms with van der Waals surface area (Å²) >= 11 is 0. The maximum Gasteiger partial charge on any atom is 0.424 e. The van der Waals surface area contributed by atoms with Crippen LogP contribution in [0, 0.1) is 5.82 Å². The molecule has 41 heavy (non-hydrogen) atoms. The van der Waals surface area contributed by atoms with Gasteiger partial charge in [0.1, 0.15) is 5.82 Å². The van der Waals surface area contributed by atoms with Crippen molar-refractivity contribution in [2.24, 2.45) is 11.5 Å². The second kappa shape index (κ2) is 10.9. The van der Waals surface area contributed by atoms with E-state index in [1.165, 1.54) is 37.4 Å². The average molecular weight is 578 g/mol. The van der Waals surface area contributed by atoms with Gasteiger partial charge in [0, 0.05) is 23.2 Å². The molecule has 3 aromatic rings. The van der Waals surface area contributed by atoms with Gasteiger partial charge in [0.15, 0.2) is 18.1 Å². The summed E-state index contributed by atoms with van der Waals surface area (Å²) in [5.41, 5.74) is 6.61. The molecule has 1 aliphatic rings. The van der Waals surface area contributed by atoms with Crippen molar-refractivity contribution in [2.45, 2.75) is 24.2 Å². The quantitative estimate of drug-likeness (QED) is 0.243. The average Bonchev–Trinajstić information content (AvgIpc) is 3.23. The second-order valence-electron chi connectivity index (χ2n) is 9.72. The number of carbonyl (C=O) groups is 2. The van der Waals surface area contributed by atoms with Gasteiger partial charge >= 0.3 is 6.18 Å². The van der Waals surface area contributed by atoms with Crippen molar-refractivity contribution in [1.82, 2.24) is 10.3 Å². The molecular weight excluding hydrogens is 550 g/mol. The molecule has 4 rings (SSSR count). The third-order valence-corrected chi connectivity index (χ3v) is 6.58. The first kappa shape index (κ1) is 29.6. The topological polar surface area (TPSA) is 162 Å². The van der Waals surface area contributed by atoms with Crippen LogP contribution < -0.4 is 31.6 Å². The lowest BCUT2D eigenvalue weighted by atomic mass is 9.89. The number of halogens is 4. The highest BCUT2D eigenvalue weighted by Gasteiger charge is 2.57. The molecule has 0 fully saturated rings. The molecule has 0 unspecified atom stereocenters. The minimum Gasteiger partial charge on any atom is -0.493 e. The number of alkyl halides is 3. The van der Waals surface area contributed by atoms with Gasteiger partial charge in [0.05, 0.1) is 36.3 Å². The van der Waals surface area contributed by atoms with Gasteiger partial charge in [-0.15, -0.1) is 0 Å². The molecule has 2 atom stereocenters. The monoisotopic (exact) mass is 577 g/mol. The number of amides is 2. The van der Waals surface area contributed by atoms with Crippen molar-refractivity contribution in [2.75, 3.05) is 32.1 Å². The standard InChI is InChI=1S/C27H27F4N5O5/c1-25(33)12-34-23-17(25)10-20(36-22(23)14-3-6-16(28)7-4-14)26(39,27(29,30)31)13-35-24(38)15-5-8-18(19(9-15)40-2)41-11-21(32)37/h3-10,34,39H,11-13,33H2,1-2H3,(H2,32,37)(H,35,38)/t25-,26-/m1/s1. The summed E-state index contributed by atoms with van der Waals surface area (Å²) in [6.07, 6.45) is -5.29. The number of hydrogen-bond acceptors (Lipinski definition) is 8. The number of aliphatic hydroxyl groups is 1. The molecule has 1 aliphatic heterocycles. The van der Waals surface area contributed by atoms with E-state index in [4.69, 9.17) is 20.9 Å². The molecule has 1 aromatic heterocycles. The Bertz CT molecular complexity index is 1480. The second-order valence-corrected chi connectivity index (χ2v) is 9.72. The van der Waals surface area contributed by atoms with Crippen LogP contribution in [0.5, 0.6) is 11.5 Å². The Morgan fingerprint density at radius 2 is 1.83 bits per heavy atom. The van der Waals surface area contributed by atoms with Crippen LogP contribution in [0.3, 0.4) is 0 Å². The summed E-state index contributed by atoms with van der Waals surface area (Å²) < 4.78 is 67.3. The van der Waals surface area contributed by atoms with Crippen molar-refractivity contribution in [3.63, 3.8) is 0 Å². The fraction of sp³-hybridized carbons (Fsp3) is 0.296. The van der Waals surface area contributed by atoms with Crippen LogP contribution in [0.15, 0.2) is 48.5 Å². The van der Waals surface area contributed by atoms with Gasteiger partial charge in [-0.05, 0) is 55.5 Å². The lowest BCUT2D eigenvalue weighted by Gasteiger charge is -2.31. The number of aromatic nitrogens is 1. The molecule has 0 bridgehead atoms. The molecule has 0 saturated heterocycles. The normalized spacial score (nSPS) is 17.7. The Morgan fingerprint density at radius 1 is 1.15 bits per heavy atom. The molecule has 218 valence electrons. The van der Waals surface area contributed by atoms with Crippen molar-refractivity contribution in [3.05, 3.63) is 71.2 Å². The van der Waals surface area contributed by atoms with Crippen LogP contribution in [0.2, 0.25) is 0 Å². The lowest BCUT2D eigenvalue weighted by Crippen LogP contribution is -2.51. The Kier molecular flexibility index (Phi) is 7.83. The van der Waals surface area contributed by atoms with Gasteiger partial charge in [0.2, 0.25) is 5.60 Å². The summed E-state index contributed by atoms with van der Waals surface area (Å²) in [4.78, 5) is 28.0. The minimum absolute atomic E-state index is 0.0175. The Morgan fingerprint density at radius 3 is 2.44 bits per heavy atom. The number of nitrogens with one attached hydrogen (secondary N) is 2. The van der Waals surface area contributed by atoms with E-state index in [2.05, 4.69) is 15.6 Å². The molecular formula is C27H27F4N5O5. The number of pyridine rings is 1. The molecule has 2 heterocycles. The zero-order chi connectivity index (χ0) is 30.2. The molecule has 0 saturated carbocycles. The first-order valence-corrected chi connectivity index (χ1v) is 12.2. The highest BCUT2D eigenvalue weighted by molar-refractivity contribution is 5.95. The lowest BCUT2D eigenvalue weighted by molar-refractivity contribution is -0.265. The van der Waals surface area contributed by atoms with E-state index < -0.39 is 53.8 Å². The van der Waals surface area contributed by atoms with Crippen molar-refractivity contribution >= 4 is 17.5 Å². The van der Waals surface area contributed by atoms with Crippen LogP contribution >= 0.6 is 0 Å². The molecule has 0 spiro atoms. The predicted octanol–water partition coefficient (Wildman–Crippen LogP) is 2.54. The van der Waals surface area contributed by atoms with Crippen LogP contribution in [0.25, 0.3) is 11.3 Å². The van der Waals surface area contributed by atoms with Gasteiger partial charge in [-0.25, -0.2) is 9.37 Å². The first-order chi connectivity index (χ1) is 19.2.